The molecule has 0 radical (unpaired) electrons. The van der Waals surface area contributed by atoms with Crippen LogP contribution in [0.2, 0.25) is 0 Å². The Labute approximate surface area is 139 Å². The maximum atomic E-state index is 12.0. The van der Waals surface area contributed by atoms with E-state index in [4.69, 9.17) is 4.74 Å². The first-order valence-corrected chi connectivity index (χ1v) is 7.52. The van der Waals surface area contributed by atoms with E-state index in [9.17, 15) is 14.9 Å². The fourth-order valence-corrected chi connectivity index (χ4v) is 2.17. The monoisotopic (exact) mass is 329 g/mol. The van der Waals surface area contributed by atoms with Crippen LogP contribution >= 0.6 is 0 Å². The van der Waals surface area contributed by atoms with Crippen LogP contribution in [-0.4, -0.2) is 24.0 Å². The average molecular weight is 329 g/mol. The van der Waals surface area contributed by atoms with Crippen LogP contribution in [0.3, 0.4) is 0 Å². The topological polar surface area (TPSA) is 93.5 Å². The molecule has 2 aromatic rings. The summed E-state index contributed by atoms with van der Waals surface area (Å²) < 4.78 is 5.35. The molecular formula is C17H19N3O4. The van der Waals surface area contributed by atoms with Crippen LogP contribution in [0.4, 0.5) is 17.1 Å². The standard InChI is InChI=1S/C17H19N3O4/c1-3-24-14-9-7-13(8-10-14)18-11-17(21)19-15-5-4-6-16(12(15)2)20(22)23/h4-10,18H,3,11H2,1-2H3,(H,19,21). The van der Waals surface area contributed by atoms with Gasteiger partial charge in [0.25, 0.3) is 5.69 Å². The van der Waals surface area contributed by atoms with E-state index in [2.05, 4.69) is 10.6 Å². The number of anilines is 2. The van der Waals surface area contributed by atoms with Crippen molar-refractivity contribution >= 4 is 23.0 Å². The highest BCUT2D eigenvalue weighted by Gasteiger charge is 2.14. The van der Waals surface area contributed by atoms with E-state index >= 15 is 0 Å². The summed E-state index contributed by atoms with van der Waals surface area (Å²) in [6.07, 6.45) is 0. The van der Waals surface area contributed by atoms with Crippen LogP contribution in [0.1, 0.15) is 12.5 Å². The maximum Gasteiger partial charge on any atom is 0.274 e. The van der Waals surface area contributed by atoms with Crippen LogP contribution in [0.25, 0.3) is 0 Å². The lowest BCUT2D eigenvalue weighted by molar-refractivity contribution is -0.385. The smallest absolute Gasteiger partial charge is 0.274 e. The number of nitro groups is 1. The molecule has 0 saturated heterocycles. The fraction of sp³-hybridized carbons (Fsp3) is 0.235. The Kier molecular flexibility index (Phi) is 5.73. The number of hydrogen-bond donors (Lipinski definition) is 2. The molecule has 0 aliphatic carbocycles. The molecule has 0 spiro atoms. The van der Waals surface area contributed by atoms with E-state index in [1.807, 2.05) is 31.2 Å². The minimum Gasteiger partial charge on any atom is -0.494 e. The van der Waals surface area contributed by atoms with Crippen molar-refractivity contribution in [2.45, 2.75) is 13.8 Å². The zero-order valence-corrected chi connectivity index (χ0v) is 13.5. The Morgan fingerprint density at radius 3 is 2.54 bits per heavy atom. The van der Waals surface area contributed by atoms with Crippen molar-refractivity contribution in [3.8, 4) is 5.75 Å². The van der Waals surface area contributed by atoms with Crippen molar-refractivity contribution in [2.24, 2.45) is 0 Å². The molecular weight excluding hydrogens is 310 g/mol. The van der Waals surface area contributed by atoms with Gasteiger partial charge in [-0.25, -0.2) is 0 Å². The van der Waals surface area contributed by atoms with E-state index in [-0.39, 0.29) is 18.1 Å². The Hall–Kier alpha value is -3.09. The van der Waals surface area contributed by atoms with Gasteiger partial charge in [0.05, 0.1) is 29.3 Å². The SMILES string of the molecule is CCOc1ccc(NCC(=O)Nc2cccc([N+](=O)[O-])c2C)cc1. The van der Waals surface area contributed by atoms with E-state index in [0.717, 1.165) is 11.4 Å². The summed E-state index contributed by atoms with van der Waals surface area (Å²) in [4.78, 5) is 22.5. The minimum atomic E-state index is -0.469. The quantitative estimate of drug-likeness (QED) is 0.600. The third-order valence-electron chi connectivity index (χ3n) is 3.39. The lowest BCUT2D eigenvalue weighted by Crippen LogP contribution is -2.22. The van der Waals surface area contributed by atoms with Gasteiger partial charge in [-0.1, -0.05) is 6.07 Å². The predicted molar refractivity (Wildman–Crippen MR) is 92.6 cm³/mol. The van der Waals surface area contributed by atoms with Crippen molar-refractivity contribution in [2.75, 3.05) is 23.8 Å². The van der Waals surface area contributed by atoms with Gasteiger partial charge in [-0.15, -0.1) is 0 Å². The lowest BCUT2D eigenvalue weighted by atomic mass is 10.1. The minimum absolute atomic E-state index is 0.0210. The Bertz CT molecular complexity index is 729. The highest BCUT2D eigenvalue weighted by Crippen LogP contribution is 2.25. The van der Waals surface area contributed by atoms with Crippen LogP contribution in [0, 0.1) is 17.0 Å². The molecule has 0 aliphatic heterocycles. The molecule has 0 aromatic heterocycles. The molecule has 0 atom stereocenters. The van der Waals surface area contributed by atoms with Crippen molar-refractivity contribution in [3.63, 3.8) is 0 Å². The van der Waals surface area contributed by atoms with Gasteiger partial charge in [-0.2, -0.15) is 0 Å². The predicted octanol–water partition coefficient (Wildman–Crippen LogP) is 3.35. The number of nitrogens with zero attached hydrogens (tertiary/aromatic N) is 1. The third-order valence-corrected chi connectivity index (χ3v) is 3.39. The van der Waals surface area contributed by atoms with Gasteiger partial charge >= 0.3 is 0 Å². The average Bonchev–Trinajstić information content (AvgIpc) is 2.56. The van der Waals surface area contributed by atoms with Gasteiger partial charge in [0.1, 0.15) is 5.75 Å². The molecule has 2 aromatic carbocycles. The fourth-order valence-electron chi connectivity index (χ4n) is 2.17. The molecule has 0 unspecified atom stereocenters. The van der Waals surface area contributed by atoms with Crippen molar-refractivity contribution < 1.29 is 14.5 Å². The number of nitrogens with one attached hydrogen (secondary N) is 2. The number of hydrogen-bond acceptors (Lipinski definition) is 5. The zero-order valence-electron chi connectivity index (χ0n) is 13.5. The van der Waals surface area contributed by atoms with Gasteiger partial charge in [-0.05, 0) is 44.2 Å². The molecule has 0 bridgehead atoms. The van der Waals surface area contributed by atoms with Gasteiger partial charge in [0.15, 0.2) is 0 Å². The largest absolute Gasteiger partial charge is 0.494 e. The summed E-state index contributed by atoms with van der Waals surface area (Å²) in [7, 11) is 0. The number of nitro benzene ring substituents is 1. The number of rotatable bonds is 7. The Morgan fingerprint density at radius 1 is 1.21 bits per heavy atom. The Balaban J connectivity index is 1.94. The van der Waals surface area contributed by atoms with Crippen LogP contribution < -0.4 is 15.4 Å². The molecule has 0 saturated carbocycles. The lowest BCUT2D eigenvalue weighted by Gasteiger charge is -2.10. The molecule has 7 nitrogen and oxygen atoms in total. The van der Waals surface area contributed by atoms with E-state index in [1.165, 1.54) is 6.07 Å². The second-order valence-electron chi connectivity index (χ2n) is 5.07. The molecule has 2 N–H and O–H groups in total. The molecule has 2 rings (SSSR count). The van der Waals surface area contributed by atoms with E-state index < -0.39 is 4.92 Å². The summed E-state index contributed by atoms with van der Waals surface area (Å²) in [5, 5.41) is 16.6. The highest BCUT2D eigenvalue weighted by molar-refractivity contribution is 5.94. The Morgan fingerprint density at radius 2 is 1.92 bits per heavy atom. The molecule has 0 aliphatic rings. The third kappa shape index (κ3) is 4.45. The number of amides is 1. The van der Waals surface area contributed by atoms with E-state index in [0.29, 0.717) is 17.9 Å². The zero-order chi connectivity index (χ0) is 17.5. The van der Waals surface area contributed by atoms with E-state index in [1.54, 1.807) is 19.1 Å². The van der Waals surface area contributed by atoms with Gasteiger partial charge in [0.2, 0.25) is 5.91 Å². The second-order valence-corrected chi connectivity index (χ2v) is 5.07. The maximum absolute atomic E-state index is 12.0. The number of carbonyl (C=O) groups excluding carboxylic acids is 1. The summed E-state index contributed by atoms with van der Waals surface area (Å²) in [6, 6.07) is 11.8. The summed E-state index contributed by atoms with van der Waals surface area (Å²) >= 11 is 0. The van der Waals surface area contributed by atoms with Crippen LogP contribution in [-0.2, 0) is 4.79 Å². The highest BCUT2D eigenvalue weighted by atomic mass is 16.6. The molecule has 7 heteroatoms. The van der Waals surface area contributed by atoms with Gasteiger partial charge < -0.3 is 15.4 Å². The first kappa shape index (κ1) is 17.3. The molecule has 1 amide bonds. The molecule has 0 heterocycles. The summed E-state index contributed by atoms with van der Waals surface area (Å²) in [6.45, 7) is 4.16. The van der Waals surface area contributed by atoms with Crippen molar-refractivity contribution in [1.82, 2.24) is 0 Å². The summed E-state index contributed by atoms with van der Waals surface area (Å²) in [5.41, 5.74) is 1.62. The normalized spacial score (nSPS) is 10.1. The number of ether oxygens (including phenoxy) is 1. The van der Waals surface area contributed by atoms with Crippen molar-refractivity contribution in [1.29, 1.82) is 0 Å². The second kappa shape index (κ2) is 7.96. The summed E-state index contributed by atoms with van der Waals surface area (Å²) in [5.74, 6) is 0.479. The molecule has 24 heavy (non-hydrogen) atoms. The molecule has 126 valence electrons. The van der Waals surface area contributed by atoms with Crippen molar-refractivity contribution in [3.05, 3.63) is 58.1 Å². The van der Waals surface area contributed by atoms with Gasteiger partial charge in [-0.3, -0.25) is 14.9 Å². The number of carbonyl (C=O) groups is 1. The number of benzene rings is 2. The van der Waals surface area contributed by atoms with Crippen LogP contribution in [0.15, 0.2) is 42.5 Å². The first-order chi connectivity index (χ1) is 11.5. The van der Waals surface area contributed by atoms with Crippen LogP contribution in [0.5, 0.6) is 5.75 Å². The molecule has 0 fully saturated rings. The van der Waals surface area contributed by atoms with Gasteiger partial charge in [0, 0.05) is 11.8 Å². The first-order valence-electron chi connectivity index (χ1n) is 7.52.